The first-order valence-corrected chi connectivity index (χ1v) is 5.91. The number of halogens is 4. The van der Waals surface area contributed by atoms with E-state index in [-0.39, 0.29) is 12.0 Å². The number of hydrogen-bond acceptors (Lipinski definition) is 1. The fourth-order valence-electron chi connectivity index (χ4n) is 1.39. The highest BCUT2D eigenvalue weighted by atomic mass is 19.4. The third-order valence-electron chi connectivity index (χ3n) is 2.34. The van der Waals surface area contributed by atoms with Crippen LogP contribution in [0, 0.1) is 11.2 Å². The minimum absolute atomic E-state index is 0.237. The van der Waals surface area contributed by atoms with Gasteiger partial charge >= 0.3 is 12.2 Å². The van der Waals surface area contributed by atoms with E-state index in [1.807, 2.05) is 26.1 Å². The summed E-state index contributed by atoms with van der Waals surface area (Å²) in [7, 11) is 0. The minimum Gasteiger partial charge on any atom is -0.337 e. The monoisotopic (exact) mass is 292 g/mol. The van der Waals surface area contributed by atoms with Gasteiger partial charge in [-0.3, -0.25) is 0 Å². The van der Waals surface area contributed by atoms with E-state index in [0.29, 0.717) is 6.07 Å². The number of alkyl halides is 3. The molecule has 20 heavy (non-hydrogen) atoms. The van der Waals surface area contributed by atoms with Crippen molar-refractivity contribution in [1.82, 2.24) is 5.32 Å². The van der Waals surface area contributed by atoms with Crippen molar-refractivity contribution in [1.29, 1.82) is 0 Å². The van der Waals surface area contributed by atoms with E-state index in [2.05, 4.69) is 5.32 Å². The van der Waals surface area contributed by atoms with Gasteiger partial charge in [0, 0.05) is 6.54 Å². The maximum atomic E-state index is 13.5. The fourth-order valence-corrected chi connectivity index (χ4v) is 1.39. The molecule has 0 aliphatic carbocycles. The average molecular weight is 292 g/mol. The molecule has 2 amide bonds. The maximum Gasteiger partial charge on any atom is 0.418 e. The number of amides is 2. The third-order valence-corrected chi connectivity index (χ3v) is 2.34. The zero-order valence-electron chi connectivity index (χ0n) is 11.4. The first-order valence-electron chi connectivity index (χ1n) is 5.91. The highest BCUT2D eigenvalue weighted by molar-refractivity contribution is 5.90. The quantitative estimate of drug-likeness (QED) is 0.794. The van der Waals surface area contributed by atoms with Crippen molar-refractivity contribution in [3.05, 3.63) is 29.6 Å². The molecule has 3 nitrogen and oxygen atoms in total. The van der Waals surface area contributed by atoms with Crippen LogP contribution >= 0.6 is 0 Å². The van der Waals surface area contributed by atoms with E-state index in [1.54, 1.807) is 0 Å². The van der Waals surface area contributed by atoms with Crippen LogP contribution in [0.5, 0.6) is 0 Å². The predicted molar refractivity (Wildman–Crippen MR) is 67.9 cm³/mol. The van der Waals surface area contributed by atoms with Crippen LogP contribution in [0.1, 0.15) is 26.3 Å². The Morgan fingerprint density at radius 2 is 1.80 bits per heavy atom. The van der Waals surface area contributed by atoms with Gasteiger partial charge in [0.15, 0.2) is 0 Å². The van der Waals surface area contributed by atoms with Gasteiger partial charge in [-0.1, -0.05) is 26.8 Å². The van der Waals surface area contributed by atoms with Crippen molar-refractivity contribution in [2.45, 2.75) is 26.9 Å². The summed E-state index contributed by atoms with van der Waals surface area (Å²) in [5, 5.41) is 4.31. The van der Waals surface area contributed by atoms with Gasteiger partial charge in [-0.15, -0.1) is 0 Å². The van der Waals surface area contributed by atoms with Crippen LogP contribution in [0.15, 0.2) is 18.2 Å². The summed E-state index contributed by atoms with van der Waals surface area (Å²) >= 11 is 0. The normalized spacial score (nSPS) is 12.2. The van der Waals surface area contributed by atoms with Crippen LogP contribution < -0.4 is 10.6 Å². The Kier molecular flexibility index (Phi) is 4.62. The summed E-state index contributed by atoms with van der Waals surface area (Å²) in [6.07, 6.45) is -4.74. The van der Waals surface area contributed by atoms with Crippen molar-refractivity contribution in [2.75, 3.05) is 11.9 Å². The van der Waals surface area contributed by atoms with Gasteiger partial charge in [-0.2, -0.15) is 13.2 Å². The van der Waals surface area contributed by atoms with Gasteiger partial charge in [-0.25, -0.2) is 9.18 Å². The molecule has 0 aliphatic heterocycles. The number of para-hydroxylation sites is 1. The van der Waals surface area contributed by atoms with Gasteiger partial charge in [0.2, 0.25) is 0 Å². The van der Waals surface area contributed by atoms with Crippen molar-refractivity contribution in [3.8, 4) is 0 Å². The van der Waals surface area contributed by atoms with E-state index in [9.17, 15) is 22.4 Å². The molecule has 0 aromatic heterocycles. The van der Waals surface area contributed by atoms with E-state index < -0.39 is 29.3 Å². The summed E-state index contributed by atoms with van der Waals surface area (Å²) in [6.45, 7) is 5.78. The van der Waals surface area contributed by atoms with Gasteiger partial charge in [0.05, 0.1) is 11.3 Å². The van der Waals surface area contributed by atoms with Crippen LogP contribution in [-0.4, -0.2) is 12.6 Å². The van der Waals surface area contributed by atoms with Crippen molar-refractivity contribution in [2.24, 2.45) is 5.41 Å². The molecule has 7 heteroatoms. The van der Waals surface area contributed by atoms with Crippen molar-refractivity contribution < 1.29 is 22.4 Å². The lowest BCUT2D eigenvalue weighted by Crippen LogP contribution is -2.36. The number of urea groups is 1. The Morgan fingerprint density at radius 1 is 1.20 bits per heavy atom. The van der Waals surface area contributed by atoms with E-state index >= 15 is 0 Å². The number of rotatable bonds is 2. The zero-order valence-corrected chi connectivity index (χ0v) is 11.4. The number of carbonyl (C=O) groups excluding carboxylic acids is 1. The first-order chi connectivity index (χ1) is 9.00. The zero-order chi connectivity index (χ0) is 15.6. The van der Waals surface area contributed by atoms with Gasteiger partial charge in [0.1, 0.15) is 5.82 Å². The molecule has 1 aromatic carbocycles. The topological polar surface area (TPSA) is 41.1 Å². The number of anilines is 1. The summed E-state index contributed by atoms with van der Waals surface area (Å²) in [4.78, 5) is 11.5. The number of benzene rings is 1. The Balaban J connectivity index is 2.90. The molecule has 0 heterocycles. The lowest BCUT2D eigenvalue weighted by atomic mass is 9.97. The Labute approximate surface area is 114 Å². The number of carbonyl (C=O) groups is 1. The molecule has 1 rings (SSSR count). The molecule has 1 aromatic rings. The smallest absolute Gasteiger partial charge is 0.337 e. The predicted octanol–water partition coefficient (Wildman–Crippen LogP) is 4.01. The highest BCUT2D eigenvalue weighted by Gasteiger charge is 2.35. The van der Waals surface area contributed by atoms with Crippen molar-refractivity contribution >= 4 is 11.7 Å². The van der Waals surface area contributed by atoms with E-state index in [0.717, 1.165) is 12.1 Å². The highest BCUT2D eigenvalue weighted by Crippen LogP contribution is 2.36. The first kappa shape index (κ1) is 16.3. The summed E-state index contributed by atoms with van der Waals surface area (Å²) in [5.41, 5.74) is -2.32. The van der Waals surface area contributed by atoms with E-state index in [4.69, 9.17) is 0 Å². The Bertz CT molecular complexity index is 492. The van der Waals surface area contributed by atoms with Crippen LogP contribution in [0.4, 0.5) is 28.0 Å². The number of hydrogen-bond donors (Lipinski definition) is 2. The molecule has 0 aliphatic rings. The second kappa shape index (κ2) is 5.68. The van der Waals surface area contributed by atoms with Gasteiger partial charge in [-0.05, 0) is 17.5 Å². The third kappa shape index (κ3) is 4.71. The Morgan fingerprint density at radius 3 is 2.30 bits per heavy atom. The standard InChI is InChI=1S/C13H16F4N2O/c1-12(2,3)7-18-11(20)19-10-8(13(15,16)17)5-4-6-9(10)14/h4-6H,7H2,1-3H3,(H2,18,19,20). The fraction of sp³-hybridized carbons (Fsp3) is 0.462. The SMILES string of the molecule is CC(C)(C)CNC(=O)Nc1c(F)cccc1C(F)(F)F. The second-order valence-electron chi connectivity index (χ2n) is 5.53. The molecule has 0 spiro atoms. The molecule has 0 saturated heterocycles. The van der Waals surface area contributed by atoms with Crippen molar-refractivity contribution in [3.63, 3.8) is 0 Å². The number of nitrogens with one attached hydrogen (secondary N) is 2. The molecule has 0 unspecified atom stereocenters. The molecule has 0 radical (unpaired) electrons. The minimum atomic E-state index is -4.74. The molecule has 2 N–H and O–H groups in total. The maximum absolute atomic E-state index is 13.5. The molecule has 0 saturated carbocycles. The molecule has 0 fully saturated rings. The van der Waals surface area contributed by atoms with Gasteiger partial charge in [0.25, 0.3) is 0 Å². The average Bonchev–Trinajstić information content (AvgIpc) is 2.27. The summed E-state index contributed by atoms with van der Waals surface area (Å²) in [5.74, 6) is -1.13. The van der Waals surface area contributed by atoms with E-state index in [1.165, 1.54) is 0 Å². The van der Waals surface area contributed by atoms with Gasteiger partial charge < -0.3 is 10.6 Å². The largest absolute Gasteiger partial charge is 0.418 e. The van der Waals surface area contributed by atoms with Crippen LogP contribution in [0.3, 0.4) is 0 Å². The molecular weight excluding hydrogens is 276 g/mol. The molecule has 112 valence electrons. The summed E-state index contributed by atoms with van der Waals surface area (Å²) in [6, 6.07) is 1.63. The summed E-state index contributed by atoms with van der Waals surface area (Å²) < 4.78 is 51.6. The molecule has 0 atom stereocenters. The Hall–Kier alpha value is -1.79. The second-order valence-corrected chi connectivity index (χ2v) is 5.53. The lowest BCUT2D eigenvalue weighted by Gasteiger charge is -2.20. The van der Waals surface area contributed by atoms with Crippen LogP contribution in [0.25, 0.3) is 0 Å². The van der Waals surface area contributed by atoms with Crippen LogP contribution in [-0.2, 0) is 6.18 Å². The molecular formula is C13H16F4N2O. The lowest BCUT2D eigenvalue weighted by molar-refractivity contribution is -0.137. The van der Waals surface area contributed by atoms with Crippen LogP contribution in [0.2, 0.25) is 0 Å². The molecule has 0 bridgehead atoms.